The van der Waals surface area contributed by atoms with Crippen LogP contribution in [0.3, 0.4) is 0 Å². The zero-order valence-electron chi connectivity index (χ0n) is 49.4. The SMILES string of the molecule is COc1ccccc1C1=C(c2ccccc2OC)c2nc1nc1[nH]c(nc3nc(nc4[nH]c(n2)c(-c2ccccc2OC)c4-c2ccccc2OC)C(c2ccccc2OC)=C3c2ccccc2OC)c(-c2ccccc2OC)c1-c1ccccc1OC. The van der Waals surface area contributed by atoms with Gasteiger partial charge in [0, 0.05) is 89.1 Å². The number of ether oxygens (including phenoxy) is 8. The molecule has 5 heterocycles. The van der Waals surface area contributed by atoms with Crippen molar-refractivity contribution in [2.75, 3.05) is 56.9 Å². The highest BCUT2D eigenvalue weighted by Crippen LogP contribution is 2.51. The fourth-order valence-corrected chi connectivity index (χ4v) is 11.8. The number of nitrogens with zero attached hydrogens (tertiary/aromatic N) is 6. The summed E-state index contributed by atoms with van der Waals surface area (Å²) in [5.74, 6) is 5.58. The number of aromatic amines is 2. The summed E-state index contributed by atoms with van der Waals surface area (Å²) in [6.07, 6.45) is 0. The Balaban J connectivity index is 1.35. The first kappa shape index (κ1) is 55.7. The number of H-pyrrole nitrogens is 2. The van der Waals surface area contributed by atoms with Crippen molar-refractivity contribution in [3.63, 3.8) is 0 Å². The van der Waals surface area contributed by atoms with E-state index in [9.17, 15) is 0 Å². The van der Waals surface area contributed by atoms with Crippen molar-refractivity contribution in [1.29, 1.82) is 0 Å². The second kappa shape index (κ2) is 23.9. The van der Waals surface area contributed by atoms with Crippen LogP contribution in [0.15, 0.2) is 194 Å². The first-order valence-corrected chi connectivity index (χ1v) is 28.2. The number of aromatic nitrogens is 8. The minimum absolute atomic E-state index is 0.272. The lowest BCUT2D eigenvalue weighted by molar-refractivity contribution is 0.413. The van der Waals surface area contributed by atoms with Gasteiger partial charge in [-0.15, -0.1) is 0 Å². The molecule has 11 aromatic rings. The van der Waals surface area contributed by atoms with Gasteiger partial charge in [-0.1, -0.05) is 146 Å². The van der Waals surface area contributed by atoms with Gasteiger partial charge >= 0.3 is 0 Å². The fraction of sp³-hybridized carbons (Fsp3) is 0.111. The molecule has 0 saturated carbocycles. The molecule has 0 saturated heterocycles. The van der Waals surface area contributed by atoms with Crippen molar-refractivity contribution in [2.24, 2.45) is 0 Å². The number of para-hydroxylation sites is 8. The monoisotopic (exact) mass is 1160 g/mol. The maximum absolute atomic E-state index is 6.24. The zero-order chi connectivity index (χ0) is 60.4. The minimum Gasteiger partial charge on any atom is -0.496 e. The van der Waals surface area contributed by atoms with Gasteiger partial charge in [-0.05, 0) is 48.5 Å². The van der Waals surface area contributed by atoms with E-state index in [4.69, 9.17) is 67.8 Å². The van der Waals surface area contributed by atoms with Crippen molar-refractivity contribution < 1.29 is 37.9 Å². The fourth-order valence-electron chi connectivity index (χ4n) is 11.8. The minimum atomic E-state index is 0.272. The van der Waals surface area contributed by atoms with Crippen molar-refractivity contribution in [3.05, 3.63) is 240 Å². The van der Waals surface area contributed by atoms with Crippen LogP contribution in [0.1, 0.15) is 45.6 Å². The number of nitrogens with one attached hydrogen (secondary N) is 2. The van der Waals surface area contributed by atoms with Crippen molar-refractivity contribution >= 4 is 44.9 Å². The topological polar surface area (TPSA) is 183 Å². The van der Waals surface area contributed by atoms with Crippen molar-refractivity contribution in [2.45, 2.75) is 0 Å². The molecule has 0 radical (unpaired) electrons. The first-order valence-electron chi connectivity index (χ1n) is 28.2. The summed E-state index contributed by atoms with van der Waals surface area (Å²) in [5.41, 5.74) is 11.7. The summed E-state index contributed by atoms with van der Waals surface area (Å²) < 4.78 is 49.9. The molecule has 8 bridgehead atoms. The van der Waals surface area contributed by atoms with Gasteiger partial charge in [0.2, 0.25) is 0 Å². The van der Waals surface area contributed by atoms with Gasteiger partial charge in [-0.25, -0.2) is 29.9 Å². The summed E-state index contributed by atoms with van der Waals surface area (Å²) in [7, 11) is 13.2. The largest absolute Gasteiger partial charge is 0.496 e. The van der Waals surface area contributed by atoms with Gasteiger partial charge in [-0.2, -0.15) is 0 Å². The summed E-state index contributed by atoms with van der Waals surface area (Å²) >= 11 is 0. The maximum atomic E-state index is 6.24. The van der Waals surface area contributed by atoms with E-state index in [1.165, 1.54) is 0 Å². The molecule has 0 aliphatic carbocycles. The van der Waals surface area contributed by atoms with Crippen LogP contribution < -0.4 is 37.9 Å². The van der Waals surface area contributed by atoms with Crippen molar-refractivity contribution in [3.8, 4) is 90.5 Å². The van der Waals surface area contributed by atoms with E-state index in [0.717, 1.165) is 0 Å². The molecule has 2 N–H and O–H groups in total. The third-order valence-electron chi connectivity index (χ3n) is 15.6. The van der Waals surface area contributed by atoms with Gasteiger partial charge in [0.25, 0.3) is 0 Å². The quantitative estimate of drug-likeness (QED) is 0.0932. The molecule has 434 valence electrons. The molecule has 16 nitrogen and oxygen atoms in total. The Kier molecular flexibility index (Phi) is 15.1. The second-order valence-corrected chi connectivity index (χ2v) is 20.2. The molecule has 2 aliphatic heterocycles. The van der Waals surface area contributed by atoms with Crippen molar-refractivity contribution in [1.82, 2.24) is 39.9 Å². The van der Waals surface area contributed by atoms with Gasteiger partial charge in [-0.3, -0.25) is 0 Å². The van der Waals surface area contributed by atoms with Crippen LogP contribution in [-0.4, -0.2) is 96.8 Å². The Bertz CT molecular complexity index is 4190. The third-order valence-corrected chi connectivity index (χ3v) is 15.6. The normalized spacial score (nSPS) is 12.0. The van der Waals surface area contributed by atoms with Gasteiger partial charge in [0.15, 0.2) is 23.3 Å². The average Bonchev–Trinajstić information content (AvgIpc) is 1.77. The average molecular weight is 1160 g/mol. The molecule has 3 aromatic heterocycles. The highest BCUT2D eigenvalue weighted by Gasteiger charge is 2.34. The van der Waals surface area contributed by atoms with E-state index in [2.05, 4.69) is 9.97 Å². The Morgan fingerprint density at radius 3 is 0.545 bits per heavy atom. The Hall–Kier alpha value is -11.5. The number of benzene rings is 8. The molecular formula is C72H58N8O8. The summed E-state index contributed by atoms with van der Waals surface area (Å²) in [5, 5.41) is 0. The number of methoxy groups -OCH3 is 8. The van der Waals surface area contributed by atoms with E-state index in [1.807, 2.05) is 194 Å². The van der Waals surface area contributed by atoms with Crippen LogP contribution >= 0.6 is 0 Å². The summed E-state index contributed by atoms with van der Waals surface area (Å²) in [4.78, 5) is 41.7. The molecule has 0 fully saturated rings. The summed E-state index contributed by atoms with van der Waals surface area (Å²) in [6, 6.07) is 62.3. The highest BCUT2D eigenvalue weighted by molar-refractivity contribution is 6.11. The van der Waals surface area contributed by atoms with Crippen LogP contribution in [0, 0.1) is 0 Å². The third kappa shape index (κ3) is 9.62. The molecule has 88 heavy (non-hydrogen) atoms. The predicted molar refractivity (Wildman–Crippen MR) is 342 cm³/mol. The molecule has 0 amide bonds. The van der Waals surface area contributed by atoms with E-state index in [1.54, 1.807) is 56.9 Å². The standard InChI is InChI=1S/C72H58N8O8/c1-81-49-33-17-9-25-41(49)57-58(42-26-10-18-34-50(42)82-2)66-73-65(57)77-67-59(43-27-11-19-35-51(43)83-3)60(44-28-12-20-36-52(44)84-4)69(74-67)79-71-63(47-31-15-23-39-55(47)87-7)64(48-32-16-24-40-56(48)88-8)72(76-71)80-70-62(46-30-14-22-38-54(46)86-6)61(68(75-70)78-66)45-29-13-21-37-53(45)85-5/h9-40H,1-8H3,(H2,73,74,75,76,77,78,79,80). The maximum Gasteiger partial charge on any atom is 0.165 e. The number of rotatable bonds is 16. The number of hydrogen-bond donors (Lipinski definition) is 2. The van der Waals surface area contributed by atoms with Crippen LogP contribution in [-0.2, 0) is 0 Å². The zero-order valence-corrected chi connectivity index (χ0v) is 49.4. The Labute approximate surface area is 507 Å². The lowest BCUT2D eigenvalue weighted by atomic mass is 9.93. The van der Waals surface area contributed by atoms with Gasteiger partial charge in [0.05, 0.1) is 56.9 Å². The predicted octanol–water partition coefficient (Wildman–Crippen LogP) is 14.6. The summed E-state index contributed by atoms with van der Waals surface area (Å²) in [6.45, 7) is 0. The van der Waals surface area contributed by atoms with E-state index >= 15 is 0 Å². The molecule has 2 aliphatic rings. The highest BCUT2D eigenvalue weighted by atomic mass is 16.5. The van der Waals surface area contributed by atoms with Gasteiger partial charge < -0.3 is 47.9 Å². The molecule has 0 spiro atoms. The molecule has 0 unspecified atom stereocenters. The van der Waals surface area contributed by atoms with E-state index in [0.29, 0.717) is 158 Å². The smallest absolute Gasteiger partial charge is 0.165 e. The lowest BCUT2D eigenvalue weighted by Gasteiger charge is -2.15. The Morgan fingerprint density at radius 1 is 0.205 bits per heavy atom. The number of hydrogen-bond acceptors (Lipinski definition) is 14. The van der Waals surface area contributed by atoms with Crippen LogP contribution in [0.5, 0.6) is 46.0 Å². The molecular weight excluding hydrogens is 1100 g/mol. The molecule has 13 rings (SSSR count). The lowest BCUT2D eigenvalue weighted by Crippen LogP contribution is -1.99. The van der Waals surface area contributed by atoms with E-state index in [-0.39, 0.29) is 23.3 Å². The number of fused-ring (bicyclic) bond motifs is 8. The Morgan fingerprint density at radius 2 is 0.364 bits per heavy atom. The first-order chi connectivity index (χ1) is 43.3. The molecule has 8 aromatic carbocycles. The van der Waals surface area contributed by atoms with Crippen LogP contribution in [0.2, 0.25) is 0 Å². The van der Waals surface area contributed by atoms with Crippen LogP contribution in [0.25, 0.3) is 89.4 Å². The molecule has 16 heteroatoms. The molecule has 0 atom stereocenters. The van der Waals surface area contributed by atoms with E-state index < -0.39 is 0 Å². The van der Waals surface area contributed by atoms with Gasteiger partial charge in [0.1, 0.15) is 68.6 Å². The van der Waals surface area contributed by atoms with Crippen LogP contribution in [0.4, 0.5) is 0 Å². The second-order valence-electron chi connectivity index (χ2n) is 20.2.